The van der Waals surface area contributed by atoms with Crippen LogP contribution in [0.1, 0.15) is 42.1 Å². The van der Waals surface area contributed by atoms with Crippen LogP contribution in [-0.4, -0.2) is 69.9 Å². The molecule has 1 aliphatic heterocycles. The first kappa shape index (κ1) is 20.9. The molecule has 3 N–H and O–H groups in total. The van der Waals surface area contributed by atoms with Crippen LogP contribution in [0.2, 0.25) is 0 Å². The molecule has 170 valence electrons. The minimum absolute atomic E-state index is 0.0903. The zero-order chi connectivity index (χ0) is 22.8. The second kappa shape index (κ2) is 7.30. The summed E-state index contributed by atoms with van der Waals surface area (Å²) in [5, 5.41) is 3.20. The standard InChI is InChI=1S/C23H29FN6O2/c1-23(4-6-29(7-5-23)12-13-8-15(13)22(32)28(2)3)17-11-26-30-19-16(20(25)31)9-14(24)10-18(19)27-21(17)30/h9-11,13,15,26H,4-8,12H2,1-3H3,(H2,25,31). The minimum Gasteiger partial charge on any atom is -0.366 e. The molecular formula is C23H29FN6O2. The van der Waals surface area contributed by atoms with Gasteiger partial charge in [-0.05, 0) is 44.3 Å². The highest BCUT2D eigenvalue weighted by atomic mass is 19.1. The van der Waals surface area contributed by atoms with E-state index in [-0.39, 0.29) is 22.8 Å². The average molecular weight is 441 g/mol. The summed E-state index contributed by atoms with van der Waals surface area (Å²) < 4.78 is 15.7. The van der Waals surface area contributed by atoms with Gasteiger partial charge in [0.25, 0.3) is 5.91 Å². The van der Waals surface area contributed by atoms with Crippen LogP contribution >= 0.6 is 0 Å². The Labute approximate surface area is 185 Å². The number of aromatic amines is 1. The van der Waals surface area contributed by atoms with Gasteiger partial charge in [0, 0.05) is 49.8 Å². The molecule has 2 aromatic heterocycles. The molecule has 0 bridgehead atoms. The monoisotopic (exact) mass is 440 g/mol. The maximum absolute atomic E-state index is 14.0. The summed E-state index contributed by atoms with van der Waals surface area (Å²) in [5.74, 6) is -0.324. The van der Waals surface area contributed by atoms with E-state index in [1.165, 1.54) is 6.07 Å². The first-order valence-corrected chi connectivity index (χ1v) is 11.1. The molecule has 5 rings (SSSR count). The van der Waals surface area contributed by atoms with Crippen molar-refractivity contribution in [3.8, 4) is 0 Å². The number of hydrogen-bond acceptors (Lipinski definition) is 4. The third kappa shape index (κ3) is 3.35. The molecule has 32 heavy (non-hydrogen) atoms. The zero-order valence-electron chi connectivity index (χ0n) is 18.7. The number of nitrogens with two attached hydrogens (primary N) is 1. The Morgan fingerprint density at radius 2 is 2.03 bits per heavy atom. The number of carbonyl (C=O) groups excluding carboxylic acids is 2. The molecule has 3 aromatic rings. The highest BCUT2D eigenvalue weighted by Crippen LogP contribution is 2.43. The first-order chi connectivity index (χ1) is 15.2. The lowest BCUT2D eigenvalue weighted by atomic mass is 9.75. The molecule has 2 aliphatic rings. The maximum Gasteiger partial charge on any atom is 0.251 e. The van der Waals surface area contributed by atoms with Crippen LogP contribution in [0.15, 0.2) is 18.3 Å². The number of hydrogen-bond donors (Lipinski definition) is 2. The summed E-state index contributed by atoms with van der Waals surface area (Å²) in [6.07, 6.45) is 4.85. The van der Waals surface area contributed by atoms with E-state index in [9.17, 15) is 14.0 Å². The van der Waals surface area contributed by atoms with Gasteiger partial charge >= 0.3 is 0 Å². The number of nitrogens with zero attached hydrogens (tertiary/aromatic N) is 4. The second-order valence-corrected chi connectivity index (χ2v) is 9.84. The van der Waals surface area contributed by atoms with Gasteiger partial charge in [0.15, 0.2) is 5.65 Å². The summed E-state index contributed by atoms with van der Waals surface area (Å²) in [6.45, 7) is 5.11. The fraction of sp³-hybridized carbons (Fsp3) is 0.522. The molecule has 2 amide bonds. The lowest BCUT2D eigenvalue weighted by molar-refractivity contribution is -0.130. The number of carbonyl (C=O) groups is 2. The van der Waals surface area contributed by atoms with Crippen LogP contribution in [0.25, 0.3) is 16.7 Å². The molecule has 2 atom stereocenters. The van der Waals surface area contributed by atoms with Gasteiger partial charge in [-0.2, -0.15) is 0 Å². The summed E-state index contributed by atoms with van der Waals surface area (Å²) >= 11 is 0. The molecule has 9 heteroatoms. The molecular weight excluding hydrogens is 411 g/mol. The third-order valence-electron chi connectivity index (χ3n) is 7.34. The third-order valence-corrected chi connectivity index (χ3v) is 7.34. The van der Waals surface area contributed by atoms with Gasteiger partial charge in [-0.25, -0.2) is 13.9 Å². The van der Waals surface area contributed by atoms with E-state index < -0.39 is 11.7 Å². The topological polar surface area (TPSA) is 99.7 Å². The van der Waals surface area contributed by atoms with Crippen LogP contribution in [0.5, 0.6) is 0 Å². The highest BCUT2D eigenvalue weighted by molar-refractivity contribution is 6.05. The van der Waals surface area contributed by atoms with E-state index in [1.54, 1.807) is 9.42 Å². The number of likely N-dealkylation sites (tertiary alicyclic amines) is 1. The van der Waals surface area contributed by atoms with Gasteiger partial charge in [-0.3, -0.25) is 14.7 Å². The van der Waals surface area contributed by atoms with Crippen molar-refractivity contribution in [1.82, 2.24) is 24.4 Å². The van der Waals surface area contributed by atoms with Crippen molar-refractivity contribution < 1.29 is 14.0 Å². The van der Waals surface area contributed by atoms with E-state index >= 15 is 0 Å². The van der Waals surface area contributed by atoms with Crippen molar-refractivity contribution in [1.29, 1.82) is 0 Å². The maximum atomic E-state index is 14.0. The SMILES string of the molecule is CN(C)C(=O)C1CC1CN1CCC(C)(c2c[nH]n3c2nc2cc(F)cc(C(N)=O)c23)CC1. The number of H-pyrrole nitrogens is 1. The number of piperidine rings is 1. The number of fused-ring (bicyclic) bond motifs is 3. The van der Waals surface area contributed by atoms with Crippen LogP contribution in [0, 0.1) is 17.7 Å². The highest BCUT2D eigenvalue weighted by Gasteiger charge is 2.45. The molecule has 1 saturated carbocycles. The van der Waals surface area contributed by atoms with Crippen molar-refractivity contribution in [2.45, 2.75) is 31.6 Å². The summed E-state index contributed by atoms with van der Waals surface area (Å²) in [5.41, 5.74) is 8.22. The van der Waals surface area contributed by atoms with Crippen LogP contribution in [0.3, 0.4) is 0 Å². The van der Waals surface area contributed by atoms with E-state index in [1.807, 2.05) is 20.3 Å². The average Bonchev–Trinajstić information content (AvgIpc) is 3.22. The van der Waals surface area contributed by atoms with Crippen LogP contribution < -0.4 is 5.73 Å². The fourth-order valence-corrected chi connectivity index (χ4v) is 5.22. The van der Waals surface area contributed by atoms with Gasteiger partial charge in [0.2, 0.25) is 5.91 Å². The van der Waals surface area contributed by atoms with Crippen LogP contribution in [0.4, 0.5) is 4.39 Å². The molecule has 0 radical (unpaired) electrons. The summed E-state index contributed by atoms with van der Waals surface area (Å²) in [6, 6.07) is 2.49. The zero-order valence-corrected chi connectivity index (χ0v) is 18.7. The summed E-state index contributed by atoms with van der Waals surface area (Å²) in [4.78, 5) is 32.8. The fourth-order valence-electron chi connectivity index (χ4n) is 5.22. The van der Waals surface area contributed by atoms with E-state index in [0.717, 1.165) is 50.5 Å². The molecule has 1 aromatic carbocycles. The lowest BCUT2D eigenvalue weighted by Gasteiger charge is -2.39. The molecule has 1 saturated heterocycles. The smallest absolute Gasteiger partial charge is 0.251 e. The number of primary amides is 1. The lowest BCUT2D eigenvalue weighted by Crippen LogP contribution is -2.42. The van der Waals surface area contributed by atoms with Crippen molar-refractivity contribution in [2.24, 2.45) is 17.6 Å². The molecule has 1 aliphatic carbocycles. The van der Waals surface area contributed by atoms with E-state index in [4.69, 9.17) is 5.73 Å². The Kier molecular flexibility index (Phi) is 4.77. The Hall–Kier alpha value is -2.94. The minimum atomic E-state index is -0.682. The normalized spacial score (nSPS) is 23.0. The Bertz CT molecular complexity index is 1220. The van der Waals surface area contributed by atoms with Gasteiger partial charge in [-0.15, -0.1) is 0 Å². The van der Waals surface area contributed by atoms with Crippen LogP contribution in [-0.2, 0) is 10.2 Å². The summed E-state index contributed by atoms with van der Waals surface area (Å²) in [7, 11) is 3.64. The Balaban J connectivity index is 1.36. The Morgan fingerprint density at radius 1 is 1.31 bits per heavy atom. The number of imidazole rings is 1. The number of amides is 2. The van der Waals surface area contributed by atoms with E-state index in [0.29, 0.717) is 22.6 Å². The van der Waals surface area contributed by atoms with Crippen molar-refractivity contribution in [2.75, 3.05) is 33.7 Å². The van der Waals surface area contributed by atoms with Gasteiger partial charge in [-0.1, -0.05) is 6.92 Å². The van der Waals surface area contributed by atoms with Crippen molar-refractivity contribution in [3.05, 3.63) is 35.3 Å². The van der Waals surface area contributed by atoms with Crippen molar-refractivity contribution in [3.63, 3.8) is 0 Å². The largest absolute Gasteiger partial charge is 0.366 e. The Morgan fingerprint density at radius 3 is 2.69 bits per heavy atom. The quantitative estimate of drug-likeness (QED) is 0.635. The number of nitrogens with one attached hydrogen (secondary N) is 1. The number of rotatable bonds is 5. The second-order valence-electron chi connectivity index (χ2n) is 9.84. The predicted molar refractivity (Wildman–Crippen MR) is 119 cm³/mol. The molecule has 0 spiro atoms. The molecule has 2 unspecified atom stereocenters. The van der Waals surface area contributed by atoms with E-state index in [2.05, 4.69) is 21.9 Å². The predicted octanol–water partition coefficient (Wildman–Crippen LogP) is 2.13. The van der Waals surface area contributed by atoms with Gasteiger partial charge in [0.1, 0.15) is 11.3 Å². The number of aromatic nitrogens is 3. The van der Waals surface area contributed by atoms with Gasteiger partial charge in [0.05, 0.1) is 11.1 Å². The van der Waals surface area contributed by atoms with Crippen molar-refractivity contribution >= 4 is 28.5 Å². The first-order valence-electron chi connectivity index (χ1n) is 11.1. The number of benzene rings is 1. The molecule has 2 fully saturated rings. The van der Waals surface area contributed by atoms with Gasteiger partial charge < -0.3 is 15.5 Å². The molecule has 8 nitrogen and oxygen atoms in total. The molecule has 3 heterocycles. The number of halogens is 1.